The number of benzene rings is 2. The Bertz CT molecular complexity index is 282. The van der Waals surface area contributed by atoms with Crippen molar-refractivity contribution in [1.29, 1.82) is 0 Å². The van der Waals surface area contributed by atoms with E-state index in [2.05, 4.69) is 48.5 Å². The Morgan fingerprint density at radius 2 is 0.875 bits per heavy atom. The topological polar surface area (TPSA) is 20.2 Å². The molecule has 0 aromatic heterocycles. The van der Waals surface area contributed by atoms with E-state index in [4.69, 9.17) is 5.11 Å². The zero-order valence-corrected chi connectivity index (χ0v) is 13.5. The molecule has 0 saturated heterocycles. The zero-order valence-electron chi connectivity index (χ0n) is 10.6. The Morgan fingerprint density at radius 1 is 0.688 bits per heavy atom. The standard InChI is InChI=1S/C10H8.C2H6.CH4O.CH3.Y/c1-2-6-10-8-4-3-7-9(10)5-1;2*1-2;;/h1-8H;1-2H3;2H,1H3;1H3;/q;;;-1;. The Hall–Kier alpha value is -0.236. The van der Waals surface area contributed by atoms with Crippen LogP contribution in [0.15, 0.2) is 48.5 Å². The zero-order chi connectivity index (χ0) is 10.8. The van der Waals surface area contributed by atoms with Gasteiger partial charge in [-0.05, 0) is 10.8 Å². The molecule has 0 amide bonds. The van der Waals surface area contributed by atoms with Gasteiger partial charge >= 0.3 is 0 Å². The maximum atomic E-state index is 7.00. The first-order chi connectivity index (χ1) is 6.97. The summed E-state index contributed by atoms with van der Waals surface area (Å²) < 4.78 is 0. The molecule has 0 spiro atoms. The molecule has 0 aliphatic carbocycles. The van der Waals surface area contributed by atoms with Crippen LogP contribution in [0.5, 0.6) is 0 Å². The molecular formula is C14H21OY-. The van der Waals surface area contributed by atoms with Crippen molar-refractivity contribution in [2.45, 2.75) is 13.8 Å². The molecule has 1 N–H and O–H groups in total. The molecule has 2 aromatic rings. The Kier molecular flexibility index (Phi) is 19.5. The van der Waals surface area contributed by atoms with Gasteiger partial charge in [-0.25, -0.2) is 0 Å². The van der Waals surface area contributed by atoms with Crippen molar-refractivity contribution in [3.63, 3.8) is 0 Å². The molecule has 0 aliphatic rings. The van der Waals surface area contributed by atoms with Gasteiger partial charge < -0.3 is 12.5 Å². The van der Waals surface area contributed by atoms with Crippen molar-refractivity contribution >= 4 is 10.8 Å². The number of aliphatic hydroxyl groups excluding tert-OH is 1. The molecule has 0 bridgehead atoms. The van der Waals surface area contributed by atoms with Crippen molar-refractivity contribution in [2.75, 3.05) is 7.11 Å². The summed E-state index contributed by atoms with van der Waals surface area (Å²) in [6.45, 7) is 4.00. The van der Waals surface area contributed by atoms with Gasteiger partial charge in [-0.15, -0.1) is 0 Å². The molecule has 0 atom stereocenters. The van der Waals surface area contributed by atoms with Crippen LogP contribution in [-0.2, 0) is 32.7 Å². The second kappa shape index (κ2) is 14.8. The van der Waals surface area contributed by atoms with Gasteiger partial charge in [0.1, 0.15) is 0 Å². The summed E-state index contributed by atoms with van der Waals surface area (Å²) in [6, 6.07) is 16.7. The predicted octanol–water partition coefficient (Wildman–Crippen LogP) is 3.92. The maximum Gasteiger partial charge on any atom is 0.0319 e. The maximum absolute atomic E-state index is 7.00. The third-order valence-corrected chi connectivity index (χ3v) is 1.66. The van der Waals surface area contributed by atoms with E-state index < -0.39 is 0 Å². The van der Waals surface area contributed by atoms with Gasteiger partial charge in [0.25, 0.3) is 0 Å². The van der Waals surface area contributed by atoms with Crippen LogP contribution in [0.2, 0.25) is 0 Å². The molecule has 87 valence electrons. The largest absolute Gasteiger partial charge is 0.400 e. The first-order valence-corrected chi connectivity index (χ1v) is 4.85. The van der Waals surface area contributed by atoms with Crippen molar-refractivity contribution in [3.8, 4) is 0 Å². The van der Waals surface area contributed by atoms with Crippen LogP contribution in [0.3, 0.4) is 0 Å². The van der Waals surface area contributed by atoms with Gasteiger partial charge in [0.05, 0.1) is 0 Å². The molecule has 1 nitrogen and oxygen atoms in total. The van der Waals surface area contributed by atoms with E-state index in [1.54, 1.807) is 0 Å². The predicted molar refractivity (Wildman–Crippen MR) is 69.9 cm³/mol. The monoisotopic (exact) mass is 294 g/mol. The van der Waals surface area contributed by atoms with Crippen molar-refractivity contribution in [3.05, 3.63) is 56.0 Å². The fraction of sp³-hybridized carbons (Fsp3) is 0.214. The number of aliphatic hydroxyl groups is 1. The van der Waals surface area contributed by atoms with E-state index in [-0.39, 0.29) is 40.1 Å². The summed E-state index contributed by atoms with van der Waals surface area (Å²) in [5.41, 5.74) is 0. The number of hydrogen-bond donors (Lipinski definition) is 1. The third kappa shape index (κ3) is 7.11. The van der Waals surface area contributed by atoms with Crippen LogP contribution >= 0.6 is 0 Å². The molecule has 0 fully saturated rings. The fourth-order valence-corrected chi connectivity index (χ4v) is 1.13. The van der Waals surface area contributed by atoms with Crippen LogP contribution < -0.4 is 0 Å². The minimum absolute atomic E-state index is 0. The van der Waals surface area contributed by atoms with E-state index in [0.717, 1.165) is 7.11 Å². The molecule has 2 heteroatoms. The summed E-state index contributed by atoms with van der Waals surface area (Å²) >= 11 is 0. The Labute approximate surface area is 125 Å². The molecule has 2 aromatic carbocycles. The third-order valence-electron chi connectivity index (χ3n) is 1.66. The number of rotatable bonds is 0. The van der Waals surface area contributed by atoms with Gasteiger partial charge in [0.15, 0.2) is 0 Å². The molecule has 16 heavy (non-hydrogen) atoms. The second-order valence-electron chi connectivity index (χ2n) is 2.35. The summed E-state index contributed by atoms with van der Waals surface area (Å²) in [6.07, 6.45) is 0. The molecule has 2 rings (SSSR count). The molecule has 0 aliphatic heterocycles. The average molecular weight is 294 g/mol. The van der Waals surface area contributed by atoms with E-state index in [1.807, 2.05) is 13.8 Å². The quantitative estimate of drug-likeness (QED) is 0.730. The second-order valence-corrected chi connectivity index (χ2v) is 2.35. The van der Waals surface area contributed by atoms with Gasteiger partial charge in [-0.1, -0.05) is 62.4 Å². The van der Waals surface area contributed by atoms with Gasteiger partial charge in [0.2, 0.25) is 0 Å². The van der Waals surface area contributed by atoms with Crippen molar-refractivity contribution in [2.24, 2.45) is 0 Å². The average Bonchev–Trinajstić information content (AvgIpc) is 2.34. The van der Waals surface area contributed by atoms with Crippen molar-refractivity contribution < 1.29 is 37.8 Å². The number of hydrogen-bond acceptors (Lipinski definition) is 1. The fourth-order valence-electron chi connectivity index (χ4n) is 1.13. The smallest absolute Gasteiger partial charge is 0.0319 e. The van der Waals surface area contributed by atoms with E-state index in [0.29, 0.717) is 0 Å². The summed E-state index contributed by atoms with van der Waals surface area (Å²) in [7, 11) is 1.00. The van der Waals surface area contributed by atoms with E-state index in [1.165, 1.54) is 10.8 Å². The SMILES string of the molecule is CC.CO.[CH3-].[Y].c1ccc2ccccc2c1. The van der Waals surface area contributed by atoms with Gasteiger partial charge in [-0.3, -0.25) is 0 Å². The molecule has 0 heterocycles. The minimum atomic E-state index is 0. The van der Waals surface area contributed by atoms with E-state index >= 15 is 0 Å². The Balaban J connectivity index is -0.000000257. The number of fused-ring (bicyclic) bond motifs is 1. The van der Waals surface area contributed by atoms with Crippen LogP contribution in [0.25, 0.3) is 10.8 Å². The molecule has 1 radical (unpaired) electrons. The van der Waals surface area contributed by atoms with Crippen LogP contribution in [0.4, 0.5) is 0 Å². The first kappa shape index (κ1) is 21.1. The summed E-state index contributed by atoms with van der Waals surface area (Å²) in [5, 5.41) is 9.62. The van der Waals surface area contributed by atoms with Gasteiger partial charge in [0, 0.05) is 39.8 Å². The molecule has 0 unspecified atom stereocenters. The van der Waals surface area contributed by atoms with Crippen molar-refractivity contribution in [1.82, 2.24) is 0 Å². The first-order valence-electron chi connectivity index (χ1n) is 4.85. The van der Waals surface area contributed by atoms with Gasteiger partial charge in [-0.2, -0.15) is 0 Å². The summed E-state index contributed by atoms with van der Waals surface area (Å²) in [5.74, 6) is 0. The normalized spacial score (nSPS) is 7.00. The Morgan fingerprint density at radius 3 is 1.06 bits per heavy atom. The minimum Gasteiger partial charge on any atom is -0.400 e. The van der Waals surface area contributed by atoms with E-state index in [9.17, 15) is 0 Å². The van der Waals surface area contributed by atoms with Crippen LogP contribution in [0.1, 0.15) is 13.8 Å². The summed E-state index contributed by atoms with van der Waals surface area (Å²) in [4.78, 5) is 0. The van der Waals surface area contributed by atoms with Crippen LogP contribution in [-0.4, -0.2) is 12.2 Å². The van der Waals surface area contributed by atoms with Crippen LogP contribution in [0, 0.1) is 7.43 Å². The molecule has 0 saturated carbocycles. The molecular weight excluding hydrogens is 273 g/mol.